The van der Waals surface area contributed by atoms with Crippen molar-refractivity contribution in [2.45, 2.75) is 33.6 Å². The maximum Gasteiger partial charge on any atom is 0.229 e. The highest BCUT2D eigenvalue weighted by Gasteiger charge is 2.40. The minimum absolute atomic E-state index is 0. The maximum atomic E-state index is 12.5. The van der Waals surface area contributed by atoms with Crippen LogP contribution in [0.3, 0.4) is 0 Å². The Hall–Kier alpha value is -0.280. The smallest absolute Gasteiger partial charge is 0.229 e. The molecular formula is C13H25ClN2O. The van der Waals surface area contributed by atoms with Gasteiger partial charge in [0.2, 0.25) is 5.91 Å². The van der Waals surface area contributed by atoms with Gasteiger partial charge in [-0.05, 0) is 38.1 Å². The van der Waals surface area contributed by atoms with Crippen LogP contribution >= 0.6 is 12.4 Å². The predicted molar refractivity (Wildman–Crippen MR) is 72.4 cm³/mol. The molecule has 2 aliphatic heterocycles. The van der Waals surface area contributed by atoms with Crippen molar-refractivity contribution < 1.29 is 4.79 Å². The van der Waals surface area contributed by atoms with Crippen molar-refractivity contribution in [3.63, 3.8) is 0 Å². The molecule has 0 radical (unpaired) electrons. The first-order valence-corrected chi connectivity index (χ1v) is 6.53. The quantitative estimate of drug-likeness (QED) is 0.781. The van der Waals surface area contributed by atoms with E-state index in [9.17, 15) is 4.79 Å². The summed E-state index contributed by atoms with van der Waals surface area (Å²) in [5, 5.41) is 3.35. The van der Waals surface area contributed by atoms with E-state index in [0.29, 0.717) is 17.7 Å². The Bertz CT molecular complexity index is 267. The molecule has 2 fully saturated rings. The van der Waals surface area contributed by atoms with Gasteiger partial charge in [-0.1, -0.05) is 13.8 Å². The van der Waals surface area contributed by atoms with Gasteiger partial charge < -0.3 is 10.2 Å². The van der Waals surface area contributed by atoms with Crippen molar-refractivity contribution in [2.24, 2.45) is 17.3 Å². The second-order valence-corrected chi connectivity index (χ2v) is 6.01. The zero-order valence-corrected chi connectivity index (χ0v) is 12.0. The summed E-state index contributed by atoms with van der Waals surface area (Å²) in [6, 6.07) is 0. The Kier molecular flexibility index (Phi) is 4.85. The van der Waals surface area contributed by atoms with E-state index in [2.05, 4.69) is 31.0 Å². The highest BCUT2D eigenvalue weighted by Crippen LogP contribution is 2.32. The van der Waals surface area contributed by atoms with Gasteiger partial charge in [0.1, 0.15) is 0 Å². The zero-order chi connectivity index (χ0) is 11.8. The Morgan fingerprint density at radius 2 is 1.88 bits per heavy atom. The van der Waals surface area contributed by atoms with Crippen LogP contribution in [-0.4, -0.2) is 37.0 Å². The maximum absolute atomic E-state index is 12.5. The third-order valence-corrected chi connectivity index (χ3v) is 4.39. The van der Waals surface area contributed by atoms with Crippen molar-refractivity contribution in [1.82, 2.24) is 10.2 Å². The molecule has 0 bridgehead atoms. The number of piperidine rings is 1. The summed E-state index contributed by atoms with van der Waals surface area (Å²) in [5.74, 6) is 1.68. The van der Waals surface area contributed by atoms with Gasteiger partial charge in [0.15, 0.2) is 0 Å². The molecule has 2 rings (SSSR count). The number of amides is 1. The fourth-order valence-electron chi connectivity index (χ4n) is 2.92. The van der Waals surface area contributed by atoms with Crippen LogP contribution in [-0.2, 0) is 4.79 Å². The molecule has 4 heteroatoms. The molecule has 17 heavy (non-hydrogen) atoms. The number of hydrogen-bond donors (Lipinski definition) is 1. The highest BCUT2D eigenvalue weighted by atomic mass is 35.5. The van der Waals surface area contributed by atoms with Crippen LogP contribution in [0.2, 0.25) is 0 Å². The Morgan fingerprint density at radius 1 is 1.29 bits per heavy atom. The summed E-state index contributed by atoms with van der Waals surface area (Å²) in [4.78, 5) is 14.6. The first-order chi connectivity index (χ1) is 7.53. The summed E-state index contributed by atoms with van der Waals surface area (Å²) in [6.45, 7) is 10.4. The third-order valence-electron chi connectivity index (χ3n) is 4.39. The van der Waals surface area contributed by atoms with Crippen molar-refractivity contribution >= 4 is 18.3 Å². The van der Waals surface area contributed by atoms with Gasteiger partial charge in [0.25, 0.3) is 0 Å². The molecule has 2 aliphatic rings. The van der Waals surface area contributed by atoms with Crippen LogP contribution in [0.25, 0.3) is 0 Å². The normalized spacial score (nSPS) is 37.7. The molecule has 3 unspecified atom stereocenters. The summed E-state index contributed by atoms with van der Waals surface area (Å²) in [6.07, 6.45) is 2.17. The molecular weight excluding hydrogens is 236 g/mol. The Morgan fingerprint density at radius 3 is 2.35 bits per heavy atom. The second kappa shape index (κ2) is 5.57. The number of carbonyl (C=O) groups is 1. The summed E-state index contributed by atoms with van der Waals surface area (Å²) in [7, 11) is 0. The van der Waals surface area contributed by atoms with E-state index in [1.807, 2.05) is 0 Å². The molecule has 0 saturated carbocycles. The minimum Gasteiger partial charge on any atom is -0.342 e. The third kappa shape index (κ3) is 2.94. The molecule has 3 nitrogen and oxygen atoms in total. The summed E-state index contributed by atoms with van der Waals surface area (Å²) >= 11 is 0. The molecule has 0 aromatic carbocycles. The Labute approximate surface area is 111 Å². The van der Waals surface area contributed by atoms with E-state index in [1.165, 1.54) is 0 Å². The average molecular weight is 261 g/mol. The van der Waals surface area contributed by atoms with Crippen molar-refractivity contribution in [1.29, 1.82) is 0 Å². The van der Waals surface area contributed by atoms with Crippen LogP contribution in [0.1, 0.15) is 33.6 Å². The van der Waals surface area contributed by atoms with Gasteiger partial charge in [-0.15, -0.1) is 12.4 Å². The monoisotopic (exact) mass is 260 g/mol. The van der Waals surface area contributed by atoms with Crippen molar-refractivity contribution in [3.8, 4) is 0 Å². The number of carbonyl (C=O) groups excluding carboxylic acids is 1. The molecule has 0 aromatic rings. The molecule has 2 saturated heterocycles. The molecule has 2 heterocycles. The van der Waals surface area contributed by atoms with Gasteiger partial charge >= 0.3 is 0 Å². The topological polar surface area (TPSA) is 32.3 Å². The highest BCUT2D eigenvalue weighted by molar-refractivity contribution is 5.85. The lowest BCUT2D eigenvalue weighted by Gasteiger charge is -2.36. The molecule has 3 atom stereocenters. The zero-order valence-electron chi connectivity index (χ0n) is 11.2. The number of nitrogens with zero attached hydrogens (tertiary/aromatic N) is 1. The lowest BCUT2D eigenvalue weighted by Crippen LogP contribution is -2.49. The summed E-state index contributed by atoms with van der Waals surface area (Å²) in [5.41, 5.74) is -0.151. The van der Waals surface area contributed by atoms with Gasteiger partial charge in [0.05, 0.1) is 5.41 Å². The van der Waals surface area contributed by atoms with Crippen molar-refractivity contribution in [3.05, 3.63) is 0 Å². The standard InChI is InChI=1S/C13H24N2O.ClH/c1-10-7-15(8-11(10)2)12(16)13(3)5-4-6-14-9-13;/h10-11,14H,4-9H2,1-3H3;1H. The number of rotatable bonds is 1. The fourth-order valence-corrected chi connectivity index (χ4v) is 2.92. The van der Waals surface area contributed by atoms with E-state index >= 15 is 0 Å². The van der Waals surface area contributed by atoms with Gasteiger partial charge in [-0.25, -0.2) is 0 Å². The number of halogens is 1. The average Bonchev–Trinajstić information content (AvgIpc) is 2.59. The first kappa shape index (κ1) is 14.8. The van der Waals surface area contributed by atoms with E-state index in [0.717, 1.165) is 39.0 Å². The summed E-state index contributed by atoms with van der Waals surface area (Å²) < 4.78 is 0. The molecule has 0 aromatic heterocycles. The van der Waals surface area contributed by atoms with Crippen LogP contribution in [0, 0.1) is 17.3 Å². The fraction of sp³-hybridized carbons (Fsp3) is 0.923. The molecule has 1 N–H and O–H groups in total. The van der Waals surface area contributed by atoms with Gasteiger partial charge in [-0.2, -0.15) is 0 Å². The predicted octanol–water partition coefficient (Wildman–Crippen LogP) is 1.91. The van der Waals surface area contributed by atoms with E-state index in [4.69, 9.17) is 0 Å². The van der Waals surface area contributed by atoms with Crippen LogP contribution in [0.15, 0.2) is 0 Å². The molecule has 0 aliphatic carbocycles. The first-order valence-electron chi connectivity index (χ1n) is 6.53. The number of hydrogen-bond acceptors (Lipinski definition) is 2. The van der Waals surface area contributed by atoms with Gasteiger partial charge in [0, 0.05) is 19.6 Å². The number of likely N-dealkylation sites (tertiary alicyclic amines) is 1. The molecule has 100 valence electrons. The lowest BCUT2D eigenvalue weighted by molar-refractivity contribution is -0.141. The van der Waals surface area contributed by atoms with Gasteiger partial charge in [-0.3, -0.25) is 4.79 Å². The SMILES string of the molecule is CC1CN(C(=O)C2(C)CCCNC2)CC1C.Cl. The van der Waals surface area contributed by atoms with E-state index in [1.54, 1.807) is 0 Å². The van der Waals surface area contributed by atoms with Crippen LogP contribution in [0.5, 0.6) is 0 Å². The van der Waals surface area contributed by atoms with E-state index in [-0.39, 0.29) is 17.8 Å². The largest absolute Gasteiger partial charge is 0.342 e. The molecule has 0 spiro atoms. The van der Waals surface area contributed by atoms with Crippen LogP contribution in [0.4, 0.5) is 0 Å². The molecule has 1 amide bonds. The second-order valence-electron chi connectivity index (χ2n) is 6.01. The van der Waals surface area contributed by atoms with Crippen molar-refractivity contribution in [2.75, 3.05) is 26.2 Å². The Balaban J connectivity index is 0.00000144. The minimum atomic E-state index is -0.151. The number of nitrogens with one attached hydrogen (secondary N) is 1. The van der Waals surface area contributed by atoms with Crippen LogP contribution < -0.4 is 5.32 Å². The lowest BCUT2D eigenvalue weighted by atomic mass is 9.81. The van der Waals surface area contributed by atoms with E-state index < -0.39 is 0 Å².